The highest BCUT2D eigenvalue weighted by Gasteiger charge is 2.61. The average molecular weight is 365 g/mol. The normalized spacial score (nSPS) is 12.4. The van der Waals surface area contributed by atoms with E-state index >= 15 is 0 Å². The van der Waals surface area contributed by atoms with Gasteiger partial charge < -0.3 is 5.53 Å². The molecule has 0 atom stereocenters. The van der Waals surface area contributed by atoms with Gasteiger partial charge in [-0.2, -0.15) is 4.79 Å². The highest BCUT2D eigenvalue weighted by molar-refractivity contribution is 7.29. The summed E-state index contributed by atoms with van der Waals surface area (Å²) in [6.07, 6.45) is 0. The van der Waals surface area contributed by atoms with Crippen LogP contribution in [0.1, 0.15) is 41.5 Å². The van der Waals surface area contributed by atoms with Crippen LogP contribution in [0.25, 0.3) is 5.53 Å². The van der Waals surface area contributed by atoms with Crippen LogP contribution < -0.4 is 10.4 Å². The molecule has 26 heavy (non-hydrogen) atoms. The Bertz CT molecular complexity index is 784. The third-order valence-electron chi connectivity index (χ3n) is 4.89. The van der Waals surface area contributed by atoms with E-state index < -0.39 is 13.5 Å². The zero-order chi connectivity index (χ0) is 19.6. The lowest BCUT2D eigenvalue weighted by molar-refractivity contribution is -0.123. The molecule has 0 saturated heterocycles. The number of hydrogen-bond acceptors (Lipinski definition) is 1. The summed E-state index contributed by atoms with van der Waals surface area (Å²) in [5.41, 5.74) is 9.45. The SMILES string of the molecule is CC(C)(C)C(=O)C(=[N+]=[N-])[Si](c1ccccc1)(c1ccccc1)C(C)(C)C. The first-order chi connectivity index (χ1) is 12.1. The van der Waals surface area contributed by atoms with E-state index in [9.17, 15) is 10.3 Å². The smallest absolute Gasteiger partial charge is 0.311 e. The van der Waals surface area contributed by atoms with Gasteiger partial charge >= 0.3 is 5.33 Å². The fraction of sp³-hybridized carbons (Fsp3) is 0.364. The Morgan fingerprint density at radius 3 is 1.46 bits per heavy atom. The summed E-state index contributed by atoms with van der Waals surface area (Å²) in [4.78, 5) is 17.1. The lowest BCUT2D eigenvalue weighted by Crippen LogP contribution is -2.72. The van der Waals surface area contributed by atoms with Crippen molar-refractivity contribution in [3.63, 3.8) is 0 Å². The molecule has 0 aliphatic heterocycles. The maximum atomic E-state index is 13.4. The first kappa shape index (κ1) is 20.0. The van der Waals surface area contributed by atoms with E-state index in [1.807, 2.05) is 57.2 Å². The number of benzene rings is 2. The average Bonchev–Trinajstić information content (AvgIpc) is 2.58. The molecule has 0 fully saturated rings. The van der Waals surface area contributed by atoms with Gasteiger partial charge in [-0.25, -0.2) is 0 Å². The molecule has 0 heterocycles. The summed E-state index contributed by atoms with van der Waals surface area (Å²) in [5.74, 6) is -0.103. The molecule has 0 radical (unpaired) electrons. The predicted molar refractivity (Wildman–Crippen MR) is 111 cm³/mol. The van der Waals surface area contributed by atoms with Gasteiger partial charge in [0, 0.05) is 5.41 Å². The van der Waals surface area contributed by atoms with Crippen LogP contribution >= 0.6 is 0 Å². The van der Waals surface area contributed by atoms with Gasteiger partial charge in [0.15, 0.2) is 0 Å². The van der Waals surface area contributed by atoms with Crippen molar-refractivity contribution in [2.45, 2.75) is 46.6 Å². The number of Topliss-reactive ketones (excluding diaryl/α,β-unsaturated/α-hetero) is 1. The second kappa shape index (κ2) is 7.14. The molecule has 2 aromatic carbocycles. The van der Waals surface area contributed by atoms with Crippen LogP contribution in [0.4, 0.5) is 0 Å². The molecule has 0 aromatic heterocycles. The molecule has 0 unspecified atom stereocenters. The fourth-order valence-corrected chi connectivity index (χ4v) is 9.26. The number of ketones is 1. The van der Waals surface area contributed by atoms with Crippen molar-refractivity contribution in [2.75, 3.05) is 0 Å². The molecular formula is C22H28N2OSi. The van der Waals surface area contributed by atoms with E-state index in [1.165, 1.54) is 0 Å². The predicted octanol–water partition coefficient (Wildman–Crippen LogP) is 3.87. The van der Waals surface area contributed by atoms with Crippen molar-refractivity contribution in [3.8, 4) is 0 Å². The molecule has 0 bridgehead atoms. The third kappa shape index (κ3) is 3.35. The molecule has 0 aliphatic rings. The zero-order valence-electron chi connectivity index (χ0n) is 16.6. The Morgan fingerprint density at radius 1 is 0.808 bits per heavy atom. The van der Waals surface area contributed by atoms with Gasteiger partial charge in [-0.15, -0.1) is 0 Å². The van der Waals surface area contributed by atoms with Gasteiger partial charge in [0.2, 0.25) is 5.78 Å². The Kier molecular flexibility index (Phi) is 5.50. The monoisotopic (exact) mass is 364 g/mol. The number of carbonyl (C=O) groups is 1. The first-order valence-electron chi connectivity index (χ1n) is 8.95. The summed E-state index contributed by atoms with van der Waals surface area (Å²) in [5, 5.41) is 2.18. The minimum Gasteiger partial charge on any atom is -0.362 e. The highest BCUT2D eigenvalue weighted by Crippen LogP contribution is 2.38. The molecule has 4 heteroatoms. The van der Waals surface area contributed by atoms with Crippen molar-refractivity contribution in [1.29, 1.82) is 0 Å². The minimum absolute atomic E-state index is 0.103. The second-order valence-corrected chi connectivity index (χ2v) is 13.4. The van der Waals surface area contributed by atoms with Gasteiger partial charge in [-0.05, 0) is 15.4 Å². The second-order valence-electron chi connectivity index (χ2n) is 8.76. The largest absolute Gasteiger partial charge is 0.362 e. The van der Waals surface area contributed by atoms with Crippen LogP contribution in [-0.4, -0.2) is 24.0 Å². The van der Waals surface area contributed by atoms with E-state index in [4.69, 9.17) is 0 Å². The maximum Gasteiger partial charge on any atom is 0.311 e. The molecule has 0 amide bonds. The molecule has 0 saturated carbocycles. The number of hydrogen-bond donors (Lipinski definition) is 0. The lowest BCUT2D eigenvalue weighted by Gasteiger charge is -2.40. The summed E-state index contributed by atoms with van der Waals surface area (Å²) in [6.45, 7) is 12.0. The van der Waals surface area contributed by atoms with Crippen molar-refractivity contribution < 1.29 is 9.58 Å². The molecule has 136 valence electrons. The Hall–Kier alpha value is -2.29. The van der Waals surface area contributed by atoms with Crippen LogP contribution in [-0.2, 0) is 4.79 Å². The van der Waals surface area contributed by atoms with Crippen LogP contribution in [0.3, 0.4) is 0 Å². The number of carbonyl (C=O) groups excluding carboxylic acids is 1. The van der Waals surface area contributed by atoms with E-state index in [1.54, 1.807) is 0 Å². The highest BCUT2D eigenvalue weighted by atomic mass is 28.3. The fourth-order valence-electron chi connectivity index (χ4n) is 3.68. The molecular weight excluding hydrogens is 336 g/mol. The summed E-state index contributed by atoms with van der Waals surface area (Å²) in [6, 6.07) is 20.1. The Labute approximate surface area is 157 Å². The van der Waals surface area contributed by atoms with Gasteiger partial charge in [0.05, 0.1) is 0 Å². The van der Waals surface area contributed by atoms with E-state index in [2.05, 4.69) is 49.8 Å². The van der Waals surface area contributed by atoms with E-state index in [0.717, 1.165) is 10.4 Å². The van der Waals surface area contributed by atoms with Gasteiger partial charge in [0.25, 0.3) is 8.07 Å². The Morgan fingerprint density at radius 2 is 1.19 bits per heavy atom. The van der Waals surface area contributed by atoms with Crippen molar-refractivity contribution in [1.82, 2.24) is 0 Å². The van der Waals surface area contributed by atoms with E-state index in [-0.39, 0.29) is 10.8 Å². The standard InChI is InChI=1S/C22H28N2OSi/c1-21(2,3)19(25)20(24-23)26(22(4,5)6,17-13-9-7-10-14-17)18-15-11-8-12-16-18/h7-16H,1-6H3. The zero-order valence-corrected chi connectivity index (χ0v) is 17.6. The van der Waals surface area contributed by atoms with Crippen molar-refractivity contribution >= 4 is 29.6 Å². The third-order valence-corrected chi connectivity index (χ3v) is 10.6. The summed E-state index contributed by atoms with van der Waals surface area (Å²) >= 11 is 0. The van der Waals surface area contributed by atoms with Gasteiger partial charge in [0.1, 0.15) is 0 Å². The molecule has 0 aliphatic carbocycles. The molecule has 3 nitrogen and oxygen atoms in total. The van der Waals surface area contributed by atoms with Gasteiger partial charge in [-0.3, -0.25) is 4.79 Å². The molecule has 0 spiro atoms. The Balaban J connectivity index is 2.99. The van der Waals surface area contributed by atoms with Crippen LogP contribution in [0, 0.1) is 5.41 Å². The summed E-state index contributed by atoms with van der Waals surface area (Å²) in [7, 11) is -2.90. The molecule has 2 rings (SSSR count). The van der Waals surface area contributed by atoms with Crippen molar-refractivity contribution in [3.05, 3.63) is 66.2 Å². The van der Waals surface area contributed by atoms with E-state index in [0.29, 0.717) is 5.33 Å². The van der Waals surface area contributed by atoms with Crippen molar-refractivity contribution in [2.24, 2.45) is 5.41 Å². The number of nitrogens with zero attached hydrogens (tertiary/aromatic N) is 2. The quantitative estimate of drug-likeness (QED) is 0.352. The van der Waals surface area contributed by atoms with Crippen LogP contribution in [0.5, 0.6) is 0 Å². The lowest BCUT2D eigenvalue weighted by atomic mass is 9.91. The summed E-state index contributed by atoms with van der Waals surface area (Å²) < 4.78 is 0. The maximum absolute atomic E-state index is 13.4. The van der Waals surface area contributed by atoms with Crippen LogP contribution in [0.15, 0.2) is 60.7 Å². The van der Waals surface area contributed by atoms with Crippen LogP contribution in [0.2, 0.25) is 5.04 Å². The molecule has 2 aromatic rings. The topological polar surface area (TPSA) is 53.5 Å². The minimum atomic E-state index is -2.90. The van der Waals surface area contributed by atoms with Gasteiger partial charge in [-0.1, -0.05) is 102 Å². The number of rotatable bonds is 4. The first-order valence-corrected chi connectivity index (χ1v) is 10.9. The molecule has 0 N–H and O–H groups in total.